The van der Waals surface area contributed by atoms with Gasteiger partial charge in [-0.05, 0) is 29.0 Å². The van der Waals surface area contributed by atoms with Crippen LogP contribution >= 0.6 is 0 Å². The summed E-state index contributed by atoms with van der Waals surface area (Å²) < 4.78 is 4.43. The lowest BCUT2D eigenvalue weighted by atomic mass is 10.1. The Morgan fingerprint density at radius 2 is 2.42 bits per heavy atom. The molecule has 0 saturated heterocycles. The fraction of sp³-hybridized carbons (Fsp3) is 0.250. The van der Waals surface area contributed by atoms with Crippen LogP contribution in [0.2, 0.25) is 0 Å². The largest absolute Gasteiger partial charge is 0.359 e. The molecule has 0 unspecified atom stereocenters. The predicted molar refractivity (Wildman–Crippen MR) is 42.3 cm³/mol. The number of aromatic nitrogens is 2. The zero-order valence-corrected chi connectivity index (χ0v) is 6.65. The molecule has 0 bridgehead atoms. The van der Waals surface area contributed by atoms with Crippen molar-refractivity contribution in [3.05, 3.63) is 29.0 Å². The van der Waals surface area contributed by atoms with Crippen molar-refractivity contribution in [2.24, 2.45) is 0 Å². The van der Waals surface area contributed by atoms with Gasteiger partial charge < -0.3 is 5.21 Å². The molecule has 0 spiro atoms. The van der Waals surface area contributed by atoms with Crippen LogP contribution in [-0.2, 0) is 6.42 Å². The average Bonchev–Trinajstić information content (AvgIpc) is 2.47. The smallest absolute Gasteiger partial charge is 0.248 e. The van der Waals surface area contributed by atoms with Gasteiger partial charge in [-0.15, -0.1) is 0 Å². The van der Waals surface area contributed by atoms with E-state index in [9.17, 15) is 5.21 Å². The Balaban J connectivity index is 2.69. The maximum Gasteiger partial charge on any atom is 0.248 e. The summed E-state index contributed by atoms with van der Waals surface area (Å²) in [5.41, 5.74) is 2.24. The molecule has 4 heteroatoms. The molecule has 2 rings (SSSR count). The number of fused-ring (bicyclic) bond motifs is 1. The van der Waals surface area contributed by atoms with Gasteiger partial charge in [0.15, 0.2) is 0 Å². The molecule has 0 fully saturated rings. The Hall–Kier alpha value is -1.58. The van der Waals surface area contributed by atoms with Crippen molar-refractivity contribution in [3.63, 3.8) is 0 Å². The number of aryl methyl sites for hydroxylation is 1. The Morgan fingerprint density at radius 1 is 1.58 bits per heavy atom. The third-order valence-electron chi connectivity index (χ3n) is 1.86. The third-order valence-corrected chi connectivity index (χ3v) is 1.86. The molecule has 1 heterocycles. The molecule has 12 heavy (non-hydrogen) atoms. The zero-order chi connectivity index (χ0) is 8.55. The van der Waals surface area contributed by atoms with Gasteiger partial charge in [0.05, 0.1) is 0 Å². The minimum Gasteiger partial charge on any atom is -0.359 e. The van der Waals surface area contributed by atoms with Crippen LogP contribution in [0.1, 0.15) is 12.5 Å². The van der Waals surface area contributed by atoms with Crippen LogP contribution in [0.5, 0.6) is 0 Å². The molecule has 0 amide bonds. The van der Waals surface area contributed by atoms with E-state index in [0.717, 1.165) is 12.0 Å². The van der Waals surface area contributed by atoms with Gasteiger partial charge in [0.2, 0.25) is 11.0 Å². The first kappa shape index (κ1) is 7.09. The van der Waals surface area contributed by atoms with Gasteiger partial charge in [-0.25, -0.2) is 0 Å². The first-order valence-electron chi connectivity index (χ1n) is 3.79. The number of rotatable bonds is 1. The van der Waals surface area contributed by atoms with Crippen LogP contribution in [-0.4, -0.2) is 5.16 Å². The molecule has 0 aliphatic carbocycles. The number of benzene rings is 1. The maximum atomic E-state index is 10.9. The SMILES string of the molecule is CCc1ccc2c(c1)no[n+]2[O-]. The molecule has 62 valence electrons. The van der Waals surface area contributed by atoms with Crippen molar-refractivity contribution in [1.82, 2.24) is 5.16 Å². The molecule has 1 aromatic heterocycles. The number of hydrogen-bond donors (Lipinski definition) is 0. The summed E-state index contributed by atoms with van der Waals surface area (Å²) in [7, 11) is 0. The fourth-order valence-electron chi connectivity index (χ4n) is 1.14. The molecule has 0 atom stereocenters. The van der Waals surface area contributed by atoms with Gasteiger partial charge in [-0.1, -0.05) is 13.0 Å². The summed E-state index contributed by atoms with van der Waals surface area (Å²) >= 11 is 0. The lowest BCUT2D eigenvalue weighted by Crippen LogP contribution is -2.22. The highest BCUT2D eigenvalue weighted by atomic mass is 16.8. The average molecular weight is 164 g/mol. The fourth-order valence-corrected chi connectivity index (χ4v) is 1.14. The van der Waals surface area contributed by atoms with Crippen molar-refractivity contribution >= 4 is 11.0 Å². The van der Waals surface area contributed by atoms with Gasteiger partial charge in [-0.2, -0.15) is 0 Å². The summed E-state index contributed by atoms with van der Waals surface area (Å²) in [5, 5.41) is 14.5. The van der Waals surface area contributed by atoms with E-state index < -0.39 is 0 Å². The molecule has 0 aliphatic rings. The maximum absolute atomic E-state index is 10.9. The standard InChI is InChI=1S/C8H8N2O2/c1-2-6-3-4-8-7(5-6)9-12-10(8)11/h3-5H,2H2,1H3. The van der Waals surface area contributed by atoms with Crippen LogP contribution in [0.4, 0.5) is 0 Å². The number of hydrogen-bond acceptors (Lipinski definition) is 3. The van der Waals surface area contributed by atoms with Crippen LogP contribution in [0.25, 0.3) is 11.0 Å². The van der Waals surface area contributed by atoms with Gasteiger partial charge in [0.1, 0.15) is 0 Å². The highest BCUT2D eigenvalue weighted by molar-refractivity contribution is 5.70. The van der Waals surface area contributed by atoms with Gasteiger partial charge >= 0.3 is 0 Å². The van der Waals surface area contributed by atoms with E-state index in [4.69, 9.17) is 0 Å². The molecular weight excluding hydrogens is 156 g/mol. The minimum atomic E-state index is 0.411. The molecule has 2 aromatic rings. The Labute approximate surface area is 68.9 Å². The van der Waals surface area contributed by atoms with Crippen molar-refractivity contribution in [3.8, 4) is 0 Å². The van der Waals surface area contributed by atoms with E-state index in [1.54, 1.807) is 6.07 Å². The van der Waals surface area contributed by atoms with Crippen LogP contribution < -0.4 is 4.90 Å². The molecule has 0 radical (unpaired) electrons. The van der Waals surface area contributed by atoms with Crippen molar-refractivity contribution < 1.29 is 9.53 Å². The molecule has 0 N–H and O–H groups in total. The first-order chi connectivity index (χ1) is 5.81. The molecule has 4 nitrogen and oxygen atoms in total. The van der Waals surface area contributed by atoms with Crippen molar-refractivity contribution in [2.45, 2.75) is 13.3 Å². The Bertz CT molecular complexity index is 408. The predicted octanol–water partition coefficient (Wildman–Crippen LogP) is 1.02. The highest BCUT2D eigenvalue weighted by Gasteiger charge is 2.07. The van der Waals surface area contributed by atoms with Gasteiger partial charge in [0, 0.05) is 5.16 Å². The Kier molecular flexibility index (Phi) is 1.46. The summed E-state index contributed by atoms with van der Waals surface area (Å²) in [6.45, 7) is 2.05. The van der Waals surface area contributed by atoms with E-state index in [2.05, 4.69) is 9.79 Å². The second-order valence-corrected chi connectivity index (χ2v) is 2.61. The van der Waals surface area contributed by atoms with Gasteiger partial charge in [-0.3, -0.25) is 4.63 Å². The summed E-state index contributed by atoms with van der Waals surface area (Å²) in [5.74, 6) is 0. The van der Waals surface area contributed by atoms with Crippen molar-refractivity contribution in [2.75, 3.05) is 0 Å². The third kappa shape index (κ3) is 0.922. The summed E-state index contributed by atoms with van der Waals surface area (Å²) in [6, 6.07) is 5.47. The Morgan fingerprint density at radius 3 is 3.17 bits per heavy atom. The van der Waals surface area contributed by atoms with Gasteiger partial charge in [0.25, 0.3) is 0 Å². The van der Waals surface area contributed by atoms with E-state index in [1.165, 1.54) is 0 Å². The monoisotopic (exact) mass is 164 g/mol. The summed E-state index contributed by atoms with van der Waals surface area (Å²) in [4.78, 5) is 0.411. The van der Waals surface area contributed by atoms with Crippen molar-refractivity contribution in [1.29, 1.82) is 0 Å². The van der Waals surface area contributed by atoms with Crippen LogP contribution in [0.3, 0.4) is 0 Å². The topological polar surface area (TPSA) is 53.0 Å². The quantitative estimate of drug-likeness (QED) is 0.591. The highest BCUT2D eigenvalue weighted by Crippen LogP contribution is 2.10. The first-order valence-corrected chi connectivity index (χ1v) is 3.79. The van der Waals surface area contributed by atoms with Crippen LogP contribution in [0, 0.1) is 5.21 Å². The minimum absolute atomic E-state index is 0.411. The molecule has 0 saturated carbocycles. The molecular formula is C8H8N2O2. The molecule has 0 aliphatic heterocycles. The van der Waals surface area contributed by atoms with Crippen LogP contribution in [0.15, 0.2) is 22.8 Å². The van der Waals surface area contributed by atoms with E-state index >= 15 is 0 Å². The molecule has 1 aromatic carbocycles. The lowest BCUT2D eigenvalue weighted by molar-refractivity contribution is -0.782. The van der Waals surface area contributed by atoms with E-state index in [0.29, 0.717) is 15.9 Å². The lowest BCUT2D eigenvalue weighted by Gasteiger charge is -1.91. The zero-order valence-electron chi connectivity index (χ0n) is 6.65. The second-order valence-electron chi connectivity index (χ2n) is 2.61. The normalized spacial score (nSPS) is 10.8. The number of nitrogens with zero attached hydrogens (tertiary/aromatic N) is 2. The van der Waals surface area contributed by atoms with E-state index in [1.807, 2.05) is 19.1 Å². The van der Waals surface area contributed by atoms with E-state index in [-0.39, 0.29) is 0 Å². The summed E-state index contributed by atoms with van der Waals surface area (Å²) in [6.07, 6.45) is 0.932. The second kappa shape index (κ2) is 2.48.